The largest absolute Gasteiger partial charge is 0.493 e. The predicted octanol–water partition coefficient (Wildman–Crippen LogP) is 3.95. The van der Waals surface area contributed by atoms with Crippen molar-refractivity contribution in [2.45, 2.75) is 20.3 Å². The molecule has 1 atom stereocenters. The van der Waals surface area contributed by atoms with Crippen LogP contribution in [0.25, 0.3) is 6.08 Å². The van der Waals surface area contributed by atoms with Gasteiger partial charge in [-0.1, -0.05) is 13.8 Å². The van der Waals surface area contributed by atoms with E-state index in [0.29, 0.717) is 98.5 Å². The number of aliphatic hydroxyl groups is 1. The number of aliphatic hydroxyl groups excluding tert-OH is 1. The molecule has 1 saturated heterocycles. The fraction of sp³-hybridized carbons (Fsp3) is 0.529. The number of rotatable bonds is 15. The third-order valence-corrected chi connectivity index (χ3v) is 7.84. The van der Waals surface area contributed by atoms with Crippen LogP contribution in [0, 0.1) is 11.8 Å². The molecule has 2 aromatic carbocycles. The van der Waals surface area contributed by atoms with Crippen molar-refractivity contribution in [3.63, 3.8) is 0 Å². The molecule has 0 radical (unpaired) electrons. The molecule has 2 aliphatic heterocycles. The van der Waals surface area contributed by atoms with Gasteiger partial charge in [0.25, 0.3) is 0 Å². The Morgan fingerprint density at radius 1 is 0.936 bits per heavy atom. The van der Waals surface area contributed by atoms with Gasteiger partial charge in [-0.2, -0.15) is 0 Å². The number of ether oxygens (including phenoxy) is 7. The summed E-state index contributed by atoms with van der Waals surface area (Å²) in [4.78, 5) is 29.6. The second-order valence-corrected chi connectivity index (χ2v) is 11.6. The highest BCUT2D eigenvalue weighted by atomic mass is 35.5. The molecule has 2 aliphatic rings. The lowest BCUT2D eigenvalue weighted by molar-refractivity contribution is -0.127. The van der Waals surface area contributed by atoms with Gasteiger partial charge >= 0.3 is 5.97 Å². The highest BCUT2D eigenvalue weighted by molar-refractivity contribution is 5.94. The number of hydrogen-bond acceptors (Lipinski definition) is 11. The van der Waals surface area contributed by atoms with Crippen LogP contribution < -0.4 is 28.4 Å². The minimum atomic E-state index is -0.462. The Balaban J connectivity index is 0.00000600. The summed E-state index contributed by atoms with van der Waals surface area (Å²) in [6.07, 6.45) is 4.05. The fourth-order valence-electron chi connectivity index (χ4n) is 5.21. The molecule has 4 rings (SSSR count). The molecule has 1 fully saturated rings. The van der Waals surface area contributed by atoms with Gasteiger partial charge in [-0.15, -0.1) is 12.4 Å². The summed E-state index contributed by atoms with van der Waals surface area (Å²) in [5, 5.41) is 10.1. The van der Waals surface area contributed by atoms with Crippen LogP contribution in [-0.4, -0.2) is 114 Å². The summed E-state index contributed by atoms with van der Waals surface area (Å²) in [5.41, 5.74) is 1.05. The van der Waals surface area contributed by atoms with Crippen molar-refractivity contribution in [3.8, 4) is 34.5 Å². The van der Waals surface area contributed by atoms with Crippen molar-refractivity contribution in [1.82, 2.24) is 9.80 Å². The highest BCUT2D eigenvalue weighted by Crippen LogP contribution is 2.42. The normalized spacial score (nSPS) is 15.2. The molecule has 13 heteroatoms. The zero-order valence-electron chi connectivity index (χ0n) is 27.8. The van der Waals surface area contributed by atoms with E-state index < -0.39 is 5.97 Å². The number of methoxy groups -OCH3 is 3. The number of amides is 1. The molecular weight excluding hydrogens is 632 g/mol. The third kappa shape index (κ3) is 10.1. The molecule has 2 aromatic rings. The van der Waals surface area contributed by atoms with E-state index in [9.17, 15) is 14.7 Å². The Bertz CT molecular complexity index is 1340. The van der Waals surface area contributed by atoms with E-state index in [4.69, 9.17) is 33.2 Å². The van der Waals surface area contributed by atoms with Crippen molar-refractivity contribution >= 4 is 30.4 Å². The van der Waals surface area contributed by atoms with Gasteiger partial charge in [-0.05, 0) is 48.2 Å². The minimum Gasteiger partial charge on any atom is -0.493 e. The van der Waals surface area contributed by atoms with Crippen molar-refractivity contribution < 1.29 is 47.9 Å². The van der Waals surface area contributed by atoms with E-state index in [0.717, 1.165) is 12.0 Å². The molecule has 0 saturated carbocycles. The maximum atomic E-state index is 12.9. The lowest BCUT2D eigenvalue weighted by Crippen LogP contribution is -2.50. The maximum absolute atomic E-state index is 12.9. The van der Waals surface area contributed by atoms with Crippen LogP contribution in [0.2, 0.25) is 0 Å². The summed E-state index contributed by atoms with van der Waals surface area (Å²) in [5.74, 6) is 2.35. The third-order valence-electron chi connectivity index (χ3n) is 7.84. The molecule has 12 nitrogen and oxygen atoms in total. The Morgan fingerprint density at radius 2 is 1.60 bits per heavy atom. The van der Waals surface area contributed by atoms with E-state index in [2.05, 4.69) is 18.7 Å². The SMILES string of the molecule is COc1cc(/C=C/C(=O)N2CCN(CC(CO)COc3ccc(C(=O)OCCC(C)C)c4c3OCCO4)CC2)cc(OC)c1OC.Cl. The Kier molecular flexibility index (Phi) is 14.8. The Hall–Kier alpha value is -3.87. The number of piperazine rings is 1. The molecule has 260 valence electrons. The lowest BCUT2D eigenvalue weighted by Gasteiger charge is -2.35. The van der Waals surface area contributed by atoms with Gasteiger partial charge in [0.05, 0.1) is 41.2 Å². The average molecular weight is 679 g/mol. The van der Waals surface area contributed by atoms with E-state index in [1.807, 2.05) is 0 Å². The summed E-state index contributed by atoms with van der Waals surface area (Å²) in [7, 11) is 4.64. The van der Waals surface area contributed by atoms with Gasteiger partial charge < -0.3 is 43.2 Å². The first-order valence-electron chi connectivity index (χ1n) is 15.6. The fourth-order valence-corrected chi connectivity index (χ4v) is 5.21. The van der Waals surface area contributed by atoms with Gasteiger partial charge in [0.1, 0.15) is 18.8 Å². The number of halogens is 1. The molecule has 1 N–H and O–H groups in total. The molecular formula is C34H47ClN2O10. The van der Waals surface area contributed by atoms with Gasteiger partial charge in [0.15, 0.2) is 23.0 Å². The van der Waals surface area contributed by atoms with E-state index in [1.54, 1.807) is 62.6 Å². The Labute approximate surface area is 282 Å². The average Bonchev–Trinajstić information content (AvgIpc) is 3.08. The standard InChI is InChI=1S/C34H46N2O10.ClH/c1-23(2)10-15-45-34(39)26-7-8-27(33-31(26)43-16-17-44-33)46-22-25(21-37)20-35-11-13-36(14-12-35)30(38)9-6-24-18-28(40-3)32(42-5)29(19-24)41-4;/h6-9,18-19,23,25,37H,10-17,20-22H2,1-5H3;1H/b9-6+;. The summed E-state index contributed by atoms with van der Waals surface area (Å²) in [6, 6.07) is 6.87. The molecule has 1 unspecified atom stereocenters. The van der Waals surface area contributed by atoms with Gasteiger partial charge in [0, 0.05) is 44.7 Å². The number of carbonyl (C=O) groups is 2. The van der Waals surface area contributed by atoms with E-state index >= 15 is 0 Å². The van der Waals surface area contributed by atoms with Gasteiger partial charge in [-0.3, -0.25) is 9.69 Å². The molecule has 1 amide bonds. The summed E-state index contributed by atoms with van der Waals surface area (Å²) >= 11 is 0. The number of fused-ring (bicyclic) bond motifs is 1. The van der Waals surface area contributed by atoms with Crippen LogP contribution in [-0.2, 0) is 9.53 Å². The zero-order valence-corrected chi connectivity index (χ0v) is 28.6. The zero-order chi connectivity index (χ0) is 33.1. The topological polar surface area (TPSA) is 125 Å². The molecule has 0 bridgehead atoms. The molecule has 0 aliphatic carbocycles. The predicted molar refractivity (Wildman–Crippen MR) is 179 cm³/mol. The van der Waals surface area contributed by atoms with Gasteiger partial charge in [0.2, 0.25) is 17.4 Å². The van der Waals surface area contributed by atoms with Crippen LogP contribution in [0.1, 0.15) is 36.2 Å². The van der Waals surface area contributed by atoms with Crippen LogP contribution in [0.4, 0.5) is 0 Å². The monoisotopic (exact) mass is 678 g/mol. The van der Waals surface area contributed by atoms with Crippen LogP contribution in [0.15, 0.2) is 30.3 Å². The quantitative estimate of drug-likeness (QED) is 0.217. The van der Waals surface area contributed by atoms with E-state index in [1.165, 1.54) is 0 Å². The van der Waals surface area contributed by atoms with Crippen molar-refractivity contribution in [2.75, 3.05) is 87.1 Å². The second-order valence-electron chi connectivity index (χ2n) is 11.6. The van der Waals surface area contributed by atoms with Crippen LogP contribution in [0.5, 0.6) is 34.5 Å². The number of nitrogens with zero attached hydrogens (tertiary/aromatic N) is 2. The summed E-state index contributed by atoms with van der Waals surface area (Å²) < 4.78 is 39.3. The van der Waals surface area contributed by atoms with Crippen molar-refractivity contribution in [3.05, 3.63) is 41.5 Å². The number of carbonyl (C=O) groups excluding carboxylic acids is 2. The molecule has 0 spiro atoms. The van der Waals surface area contributed by atoms with Gasteiger partial charge in [-0.25, -0.2) is 4.79 Å². The van der Waals surface area contributed by atoms with Crippen molar-refractivity contribution in [2.24, 2.45) is 11.8 Å². The number of benzene rings is 2. The second kappa shape index (κ2) is 18.5. The number of hydrogen-bond donors (Lipinski definition) is 1. The summed E-state index contributed by atoms with van der Waals surface area (Å²) in [6.45, 7) is 8.33. The molecule has 2 heterocycles. The first-order chi connectivity index (χ1) is 22.3. The lowest BCUT2D eigenvalue weighted by atomic mass is 10.1. The number of esters is 1. The van der Waals surface area contributed by atoms with Crippen molar-refractivity contribution in [1.29, 1.82) is 0 Å². The first-order valence-corrected chi connectivity index (χ1v) is 15.6. The smallest absolute Gasteiger partial charge is 0.342 e. The van der Waals surface area contributed by atoms with Crippen LogP contribution >= 0.6 is 12.4 Å². The Morgan fingerprint density at radius 3 is 2.19 bits per heavy atom. The van der Waals surface area contributed by atoms with E-state index in [-0.39, 0.29) is 37.4 Å². The molecule has 47 heavy (non-hydrogen) atoms. The highest BCUT2D eigenvalue weighted by Gasteiger charge is 2.27. The first kappa shape index (κ1) is 37.6. The molecule has 0 aromatic heterocycles. The maximum Gasteiger partial charge on any atom is 0.342 e. The van der Waals surface area contributed by atoms with Crippen LogP contribution in [0.3, 0.4) is 0 Å². The minimum absolute atomic E-state index is 0.